The number of ketones is 2. The zero-order valence-corrected chi connectivity index (χ0v) is 19.7. The van der Waals surface area contributed by atoms with Crippen LogP contribution in [0.4, 0.5) is 0 Å². The van der Waals surface area contributed by atoms with Gasteiger partial charge in [-0.2, -0.15) is 0 Å². The van der Waals surface area contributed by atoms with Crippen molar-refractivity contribution in [2.75, 3.05) is 0 Å². The van der Waals surface area contributed by atoms with Gasteiger partial charge in [0.15, 0.2) is 5.78 Å². The number of Topliss-reactive ketones (excluding diaryl/α,β-unsaturated/α-hetero) is 2. The minimum absolute atomic E-state index is 0.0298. The van der Waals surface area contributed by atoms with Crippen LogP contribution < -0.4 is 0 Å². The largest absolute Gasteiger partial charge is 0.300 e. The van der Waals surface area contributed by atoms with Gasteiger partial charge < -0.3 is 0 Å². The highest BCUT2D eigenvalue weighted by Crippen LogP contribution is 2.49. The van der Waals surface area contributed by atoms with Crippen molar-refractivity contribution in [3.05, 3.63) is 58.5 Å². The maximum absolute atomic E-state index is 11.8. The van der Waals surface area contributed by atoms with Crippen LogP contribution in [0.25, 0.3) is 5.57 Å². The zero-order chi connectivity index (χ0) is 21.2. The van der Waals surface area contributed by atoms with E-state index in [-0.39, 0.29) is 64.1 Å². The Morgan fingerprint density at radius 1 is 0.778 bits per heavy atom. The van der Waals surface area contributed by atoms with Crippen LogP contribution in [0.15, 0.2) is 27.2 Å². The molecule has 0 aliphatic heterocycles. The van der Waals surface area contributed by atoms with E-state index in [4.69, 9.17) is 81.2 Å². The number of rotatable bonds is 6. The van der Waals surface area contributed by atoms with Crippen molar-refractivity contribution in [1.29, 1.82) is 0 Å². The van der Waals surface area contributed by atoms with Crippen LogP contribution in [0, 0.1) is 0 Å². The van der Waals surface area contributed by atoms with Gasteiger partial charge in [0, 0.05) is 22.6 Å². The summed E-state index contributed by atoms with van der Waals surface area (Å²) in [7, 11) is 0. The van der Waals surface area contributed by atoms with Crippen LogP contribution in [-0.2, 0) is 4.79 Å². The topological polar surface area (TPSA) is 34.1 Å². The molecule has 0 fully saturated rings. The van der Waals surface area contributed by atoms with Crippen LogP contribution >= 0.6 is 81.2 Å². The molecule has 1 aromatic carbocycles. The maximum Gasteiger partial charge on any atom is 0.162 e. The van der Waals surface area contributed by atoms with Gasteiger partial charge in [0.2, 0.25) is 0 Å². The fourth-order valence-corrected chi connectivity index (χ4v) is 4.17. The van der Waals surface area contributed by atoms with Gasteiger partial charge in [-0.15, -0.1) is 0 Å². The first-order valence-electron chi connectivity index (χ1n) is 7.29. The molecule has 0 spiro atoms. The fraction of sp³-hybridized carbons (Fsp3) is 0.222. The lowest BCUT2D eigenvalue weighted by molar-refractivity contribution is -0.116. The van der Waals surface area contributed by atoms with Crippen molar-refractivity contribution in [1.82, 2.24) is 0 Å². The summed E-state index contributed by atoms with van der Waals surface area (Å²) in [6.07, 6.45) is 0.0590. The van der Waals surface area contributed by atoms with Crippen LogP contribution in [0.1, 0.15) is 43.1 Å². The number of halogens is 7. The summed E-state index contributed by atoms with van der Waals surface area (Å²) in [4.78, 5) is 23.3. The number of allylic oxidation sites excluding steroid dienone is 5. The van der Waals surface area contributed by atoms with E-state index < -0.39 is 5.78 Å². The number of carbonyl (C=O) groups is 2. The molecule has 146 valence electrons. The quantitative estimate of drug-likeness (QED) is 0.218. The zero-order valence-electron chi connectivity index (χ0n) is 14.4. The Kier molecular flexibility index (Phi) is 9.23. The maximum atomic E-state index is 11.8. The highest BCUT2D eigenvalue weighted by atomic mass is 35.5. The van der Waals surface area contributed by atoms with Crippen molar-refractivity contribution in [3.8, 4) is 0 Å². The number of carbonyl (C=O) groups excluding carboxylic acids is 2. The van der Waals surface area contributed by atoms with Gasteiger partial charge in [-0.3, -0.25) is 9.59 Å². The monoisotopic (exact) mass is 506 g/mol. The van der Waals surface area contributed by atoms with E-state index in [1.807, 2.05) is 0 Å². The predicted molar refractivity (Wildman–Crippen MR) is 118 cm³/mol. The third-order valence-electron chi connectivity index (χ3n) is 3.43. The smallest absolute Gasteiger partial charge is 0.162 e. The Balaban J connectivity index is 4.05. The Morgan fingerprint density at radius 3 is 1.52 bits per heavy atom. The predicted octanol–water partition coefficient (Wildman–Crippen LogP) is 8.70. The summed E-state index contributed by atoms with van der Waals surface area (Å²) in [6.45, 7) is 7.90. The molecule has 0 amide bonds. The molecule has 27 heavy (non-hydrogen) atoms. The van der Waals surface area contributed by atoms with Crippen molar-refractivity contribution < 1.29 is 9.59 Å². The van der Waals surface area contributed by atoms with E-state index in [9.17, 15) is 9.59 Å². The van der Waals surface area contributed by atoms with Crippen LogP contribution in [-0.4, -0.2) is 11.6 Å². The second kappa shape index (κ2) is 10.0. The van der Waals surface area contributed by atoms with E-state index in [0.717, 1.165) is 0 Å². The second-order valence-electron chi connectivity index (χ2n) is 5.63. The molecule has 0 saturated carbocycles. The van der Waals surface area contributed by atoms with Gasteiger partial charge in [0.1, 0.15) is 5.78 Å². The van der Waals surface area contributed by atoms with Crippen molar-refractivity contribution in [3.63, 3.8) is 0 Å². The highest BCUT2D eigenvalue weighted by Gasteiger charge is 2.28. The molecule has 0 bridgehead atoms. The van der Waals surface area contributed by atoms with E-state index in [0.29, 0.717) is 5.57 Å². The molecule has 0 N–H and O–H groups in total. The van der Waals surface area contributed by atoms with Crippen molar-refractivity contribution in [2.45, 2.75) is 27.2 Å². The van der Waals surface area contributed by atoms with Crippen molar-refractivity contribution >= 4 is 98.3 Å². The molecule has 0 atom stereocenters. The molecule has 0 heterocycles. The first-order valence-corrected chi connectivity index (χ1v) is 9.94. The summed E-state index contributed by atoms with van der Waals surface area (Å²) >= 11 is 44.0. The Morgan fingerprint density at radius 2 is 1.19 bits per heavy atom. The second-order valence-corrected chi connectivity index (χ2v) is 8.35. The van der Waals surface area contributed by atoms with Crippen molar-refractivity contribution in [2.24, 2.45) is 0 Å². The van der Waals surface area contributed by atoms with E-state index in [1.165, 1.54) is 13.8 Å². The molecule has 1 aromatic rings. The van der Waals surface area contributed by atoms with Gasteiger partial charge in [-0.1, -0.05) is 87.8 Å². The number of hydrogen-bond acceptors (Lipinski definition) is 2. The molecule has 0 aliphatic carbocycles. The molecule has 0 unspecified atom stereocenters. The fourth-order valence-electron chi connectivity index (χ4n) is 2.28. The summed E-state index contributed by atoms with van der Waals surface area (Å²) in [5.74, 6) is -0.542. The van der Waals surface area contributed by atoms with Gasteiger partial charge in [0.05, 0.1) is 35.7 Å². The van der Waals surface area contributed by atoms with Gasteiger partial charge in [0.25, 0.3) is 0 Å². The SMILES string of the molecule is C=C(Cl)/C(Cl)=C(\C(Cl)=C(\C)CC(C)=O)c1c(Cl)c(Cl)c(C(C)=O)c(Cl)c1Cl. The average Bonchev–Trinajstić information content (AvgIpc) is 2.54. The standard InChI is InChI=1S/C18H13Cl7O2/c1-6(5-7(2)26)13(20)11(14(21)8(3)19)12-17(24)15(22)10(9(4)27)16(23)18(12)25/h3,5H2,1-2,4H3/b13-6+,14-11+. The minimum atomic E-state index is -0.423. The molecule has 1 rings (SSSR count). The van der Waals surface area contributed by atoms with E-state index >= 15 is 0 Å². The number of benzene rings is 1. The lowest BCUT2D eigenvalue weighted by Crippen LogP contribution is -2.03. The minimum Gasteiger partial charge on any atom is -0.300 e. The molecule has 2 nitrogen and oxygen atoms in total. The Bertz CT molecular complexity index is 882. The van der Waals surface area contributed by atoms with Crippen LogP contribution in [0.2, 0.25) is 20.1 Å². The normalized spacial score (nSPS) is 13.1. The highest BCUT2D eigenvalue weighted by molar-refractivity contribution is 6.54. The molecule has 9 heteroatoms. The van der Waals surface area contributed by atoms with E-state index in [2.05, 4.69) is 6.58 Å². The molecule has 0 radical (unpaired) electrons. The average molecular weight is 509 g/mol. The first-order chi connectivity index (χ1) is 12.3. The molecular weight excluding hydrogens is 496 g/mol. The lowest BCUT2D eigenvalue weighted by Gasteiger charge is -2.19. The summed E-state index contributed by atoms with van der Waals surface area (Å²) in [5.41, 5.74) is 0.645. The molecule has 0 aromatic heterocycles. The lowest BCUT2D eigenvalue weighted by atomic mass is 9.98. The van der Waals surface area contributed by atoms with Gasteiger partial charge in [-0.05, 0) is 26.3 Å². The van der Waals surface area contributed by atoms with Crippen LogP contribution in [0.3, 0.4) is 0 Å². The van der Waals surface area contributed by atoms with E-state index in [1.54, 1.807) is 6.92 Å². The Hall–Kier alpha value is -0.190. The molecule has 0 saturated heterocycles. The molecular formula is C18H13Cl7O2. The summed E-state index contributed by atoms with van der Waals surface area (Å²) in [6, 6.07) is 0. The van der Waals surface area contributed by atoms with Crippen LogP contribution in [0.5, 0.6) is 0 Å². The summed E-state index contributed by atoms with van der Waals surface area (Å²) in [5, 5.41) is -0.406. The third kappa shape index (κ3) is 5.45. The van der Waals surface area contributed by atoms with Gasteiger partial charge >= 0.3 is 0 Å². The molecule has 0 aliphatic rings. The first kappa shape index (κ1) is 24.8. The summed E-state index contributed by atoms with van der Waals surface area (Å²) < 4.78 is 0. The Labute approximate surface area is 192 Å². The third-order valence-corrected chi connectivity index (χ3v) is 6.35. The number of hydrogen-bond donors (Lipinski definition) is 0. The van der Waals surface area contributed by atoms with Gasteiger partial charge in [-0.25, -0.2) is 0 Å².